The number of amides is 1. The minimum atomic E-state index is -0.350. The van der Waals surface area contributed by atoms with Gasteiger partial charge in [0, 0.05) is 27.2 Å². The van der Waals surface area contributed by atoms with E-state index in [9.17, 15) is 9.59 Å². The fraction of sp³-hybridized carbons (Fsp3) is 0.500. The Hall–Kier alpha value is -2.17. The number of aromatic nitrogens is 3. The standard InChI is InChI=1S/C24H30N4O3S3/c1-5-28-21(15-11-18(14(3)4)32-12-15)26-27-24(28)33-13-19(29)25-22-20(23(30)31-6-2)16-9-7-8-10-17(16)34-22/h11-12,14H,5-10,13H2,1-4H3,(H,25,29). The van der Waals surface area contributed by atoms with Crippen molar-refractivity contribution in [2.45, 2.75) is 71.0 Å². The van der Waals surface area contributed by atoms with Crippen LogP contribution in [0.1, 0.15) is 72.1 Å². The molecule has 3 aromatic rings. The van der Waals surface area contributed by atoms with Crippen LogP contribution in [0.2, 0.25) is 0 Å². The predicted octanol–water partition coefficient (Wildman–Crippen LogP) is 6.00. The van der Waals surface area contributed by atoms with E-state index in [1.54, 1.807) is 18.3 Å². The van der Waals surface area contributed by atoms with Crippen LogP contribution in [0.15, 0.2) is 16.6 Å². The SMILES string of the molecule is CCOC(=O)c1c(NC(=O)CSc2nnc(-c3csc(C(C)C)c3)n2CC)sc2c1CCCC2. The largest absolute Gasteiger partial charge is 0.462 e. The highest BCUT2D eigenvalue weighted by Crippen LogP contribution is 2.39. The number of aryl methyl sites for hydroxylation is 1. The molecule has 0 aliphatic heterocycles. The number of thiophene rings is 2. The molecule has 0 unspecified atom stereocenters. The third kappa shape index (κ3) is 5.23. The Morgan fingerprint density at radius 3 is 2.74 bits per heavy atom. The molecule has 0 spiro atoms. The number of fused-ring (bicyclic) bond motifs is 1. The summed E-state index contributed by atoms with van der Waals surface area (Å²) in [6.07, 6.45) is 3.96. The van der Waals surface area contributed by atoms with Crippen LogP contribution in [0.5, 0.6) is 0 Å². The predicted molar refractivity (Wildman–Crippen MR) is 139 cm³/mol. The van der Waals surface area contributed by atoms with Gasteiger partial charge in [0.05, 0.1) is 17.9 Å². The summed E-state index contributed by atoms with van der Waals surface area (Å²) in [6.45, 7) is 9.22. The van der Waals surface area contributed by atoms with E-state index in [2.05, 4.69) is 47.7 Å². The van der Waals surface area contributed by atoms with E-state index in [1.807, 2.05) is 4.57 Å². The van der Waals surface area contributed by atoms with Crippen molar-refractivity contribution < 1.29 is 14.3 Å². The number of carbonyl (C=O) groups excluding carboxylic acids is 2. The second-order valence-corrected chi connectivity index (χ2v) is 11.4. The first-order chi connectivity index (χ1) is 16.4. The summed E-state index contributed by atoms with van der Waals surface area (Å²) in [6, 6.07) is 2.17. The second kappa shape index (κ2) is 11.0. The summed E-state index contributed by atoms with van der Waals surface area (Å²) in [7, 11) is 0. The third-order valence-electron chi connectivity index (χ3n) is 5.72. The van der Waals surface area contributed by atoms with Crippen molar-refractivity contribution in [3.05, 3.63) is 32.3 Å². The third-order valence-corrected chi connectivity index (χ3v) is 9.12. The van der Waals surface area contributed by atoms with Gasteiger partial charge in [0.25, 0.3) is 0 Å². The van der Waals surface area contributed by atoms with Crippen LogP contribution in [-0.2, 0) is 28.9 Å². The quantitative estimate of drug-likeness (QED) is 0.276. The molecule has 1 amide bonds. The molecule has 0 bridgehead atoms. The first kappa shape index (κ1) is 24.9. The fourth-order valence-corrected chi connectivity index (χ4v) is 7.03. The molecule has 182 valence electrons. The van der Waals surface area contributed by atoms with Gasteiger partial charge in [-0.05, 0) is 57.1 Å². The van der Waals surface area contributed by atoms with Crippen molar-refractivity contribution in [2.75, 3.05) is 17.7 Å². The van der Waals surface area contributed by atoms with Crippen LogP contribution in [0, 0.1) is 0 Å². The number of rotatable bonds is 9. The molecule has 0 radical (unpaired) electrons. The number of ether oxygens (including phenoxy) is 1. The molecule has 7 nitrogen and oxygen atoms in total. The van der Waals surface area contributed by atoms with E-state index in [4.69, 9.17) is 4.74 Å². The molecule has 0 saturated carbocycles. The molecule has 3 heterocycles. The number of esters is 1. The molecular formula is C24H30N4O3S3. The zero-order valence-corrected chi connectivity index (χ0v) is 22.4. The number of nitrogens with zero attached hydrogens (tertiary/aromatic N) is 3. The lowest BCUT2D eigenvalue weighted by Crippen LogP contribution is -2.17. The zero-order chi connectivity index (χ0) is 24.2. The Morgan fingerprint density at radius 1 is 1.24 bits per heavy atom. The molecule has 1 N–H and O–H groups in total. The van der Waals surface area contributed by atoms with Crippen LogP contribution in [0.3, 0.4) is 0 Å². The lowest BCUT2D eigenvalue weighted by atomic mass is 9.95. The summed E-state index contributed by atoms with van der Waals surface area (Å²) in [5.41, 5.74) is 2.64. The van der Waals surface area contributed by atoms with Crippen molar-refractivity contribution in [1.82, 2.24) is 14.8 Å². The van der Waals surface area contributed by atoms with Gasteiger partial charge in [0.15, 0.2) is 11.0 Å². The van der Waals surface area contributed by atoms with Crippen LogP contribution in [0.4, 0.5) is 5.00 Å². The highest BCUT2D eigenvalue weighted by Gasteiger charge is 2.27. The number of thioether (sulfide) groups is 1. The molecule has 0 saturated heterocycles. The topological polar surface area (TPSA) is 86.1 Å². The summed E-state index contributed by atoms with van der Waals surface area (Å²) < 4.78 is 7.33. The monoisotopic (exact) mass is 518 g/mol. The normalized spacial score (nSPS) is 13.2. The zero-order valence-electron chi connectivity index (χ0n) is 20.0. The average Bonchev–Trinajstić information content (AvgIpc) is 3.53. The minimum absolute atomic E-state index is 0.168. The molecule has 4 rings (SSSR count). The van der Waals surface area contributed by atoms with Crippen LogP contribution < -0.4 is 5.32 Å². The van der Waals surface area contributed by atoms with Gasteiger partial charge in [0.2, 0.25) is 5.91 Å². The molecule has 1 aliphatic carbocycles. The molecule has 1 aliphatic rings. The van der Waals surface area contributed by atoms with Gasteiger partial charge in [-0.3, -0.25) is 4.79 Å². The van der Waals surface area contributed by atoms with Crippen LogP contribution in [-0.4, -0.2) is 39.0 Å². The second-order valence-electron chi connectivity index (χ2n) is 8.42. The molecule has 10 heteroatoms. The molecule has 0 atom stereocenters. The first-order valence-electron chi connectivity index (χ1n) is 11.7. The van der Waals surface area contributed by atoms with E-state index in [0.29, 0.717) is 34.8 Å². The first-order valence-corrected chi connectivity index (χ1v) is 14.4. The van der Waals surface area contributed by atoms with Crippen molar-refractivity contribution in [3.63, 3.8) is 0 Å². The Kier molecular flexibility index (Phi) is 8.10. The van der Waals surface area contributed by atoms with Gasteiger partial charge in [0.1, 0.15) is 5.00 Å². The van der Waals surface area contributed by atoms with Crippen molar-refractivity contribution >= 4 is 51.3 Å². The van der Waals surface area contributed by atoms with Gasteiger partial charge in [-0.1, -0.05) is 25.6 Å². The number of hydrogen-bond acceptors (Lipinski definition) is 8. The van der Waals surface area contributed by atoms with E-state index in [0.717, 1.165) is 42.6 Å². The number of anilines is 1. The van der Waals surface area contributed by atoms with E-state index in [1.165, 1.54) is 32.9 Å². The number of carbonyl (C=O) groups is 2. The maximum atomic E-state index is 12.9. The van der Waals surface area contributed by atoms with Crippen LogP contribution in [0.25, 0.3) is 11.4 Å². The number of nitrogens with one attached hydrogen (secondary N) is 1. The van der Waals surface area contributed by atoms with Crippen molar-refractivity contribution in [3.8, 4) is 11.4 Å². The van der Waals surface area contributed by atoms with Gasteiger partial charge < -0.3 is 14.6 Å². The average molecular weight is 519 g/mol. The van der Waals surface area contributed by atoms with Crippen molar-refractivity contribution in [1.29, 1.82) is 0 Å². The van der Waals surface area contributed by atoms with Crippen LogP contribution >= 0.6 is 34.4 Å². The fourth-order valence-electron chi connectivity index (χ4n) is 4.03. The minimum Gasteiger partial charge on any atom is -0.462 e. The molecule has 0 aromatic carbocycles. The summed E-state index contributed by atoms with van der Waals surface area (Å²) in [4.78, 5) is 28.0. The Balaban J connectivity index is 1.47. The Bertz CT molecular complexity index is 1180. The van der Waals surface area contributed by atoms with Gasteiger partial charge in [-0.15, -0.1) is 32.9 Å². The lowest BCUT2D eigenvalue weighted by Gasteiger charge is -2.12. The smallest absolute Gasteiger partial charge is 0.341 e. The summed E-state index contributed by atoms with van der Waals surface area (Å²) >= 11 is 4.59. The number of hydrogen-bond donors (Lipinski definition) is 1. The highest BCUT2D eigenvalue weighted by atomic mass is 32.2. The van der Waals surface area contributed by atoms with E-state index in [-0.39, 0.29) is 17.6 Å². The maximum Gasteiger partial charge on any atom is 0.341 e. The Morgan fingerprint density at radius 2 is 2.03 bits per heavy atom. The molecular weight excluding hydrogens is 488 g/mol. The highest BCUT2D eigenvalue weighted by molar-refractivity contribution is 7.99. The lowest BCUT2D eigenvalue weighted by molar-refractivity contribution is -0.113. The van der Waals surface area contributed by atoms with Gasteiger partial charge >= 0.3 is 5.97 Å². The van der Waals surface area contributed by atoms with E-state index < -0.39 is 0 Å². The summed E-state index contributed by atoms with van der Waals surface area (Å²) in [5.74, 6) is 0.959. The summed E-state index contributed by atoms with van der Waals surface area (Å²) in [5, 5.41) is 15.1. The molecule has 3 aromatic heterocycles. The van der Waals surface area contributed by atoms with Gasteiger partial charge in [-0.2, -0.15) is 0 Å². The maximum absolute atomic E-state index is 12.9. The Labute approximate surface area is 212 Å². The molecule has 0 fully saturated rings. The van der Waals surface area contributed by atoms with E-state index >= 15 is 0 Å². The molecule has 34 heavy (non-hydrogen) atoms. The van der Waals surface area contributed by atoms with Gasteiger partial charge in [-0.25, -0.2) is 4.79 Å². The van der Waals surface area contributed by atoms with Crippen molar-refractivity contribution in [2.24, 2.45) is 0 Å².